The van der Waals surface area contributed by atoms with Gasteiger partial charge in [0.25, 0.3) is 10.0 Å². The average molecular weight is 267 g/mol. The predicted molar refractivity (Wildman–Crippen MR) is 71.1 cm³/mol. The Morgan fingerprint density at radius 3 is 2.83 bits per heavy atom. The Morgan fingerprint density at radius 2 is 2.11 bits per heavy atom. The number of amidine groups is 1. The molecule has 6 heteroatoms. The van der Waals surface area contributed by atoms with Gasteiger partial charge in [-0.1, -0.05) is 12.1 Å². The fraction of sp³-hybridized carbons (Fsp3) is 0.417. The van der Waals surface area contributed by atoms with Gasteiger partial charge in [0, 0.05) is 11.6 Å². The number of hydrogen-bond donors (Lipinski definition) is 2. The first kappa shape index (κ1) is 13.0. The van der Waals surface area contributed by atoms with Crippen molar-refractivity contribution in [1.29, 1.82) is 0 Å². The Morgan fingerprint density at radius 1 is 1.39 bits per heavy atom. The van der Waals surface area contributed by atoms with Crippen LogP contribution >= 0.6 is 0 Å². The van der Waals surface area contributed by atoms with Crippen LogP contribution in [0.15, 0.2) is 34.2 Å². The van der Waals surface area contributed by atoms with Gasteiger partial charge >= 0.3 is 0 Å². The van der Waals surface area contributed by atoms with E-state index in [1.807, 2.05) is 6.92 Å². The van der Waals surface area contributed by atoms with E-state index in [-0.39, 0.29) is 6.04 Å². The number of nitrogens with two attached hydrogens (primary N) is 1. The number of aliphatic imine (C=N–C) groups is 1. The number of nitrogens with one attached hydrogen (secondary N) is 1. The third-order valence-electron chi connectivity index (χ3n) is 2.84. The van der Waals surface area contributed by atoms with Crippen molar-refractivity contribution in [3.63, 3.8) is 0 Å². The van der Waals surface area contributed by atoms with Crippen LogP contribution in [0.3, 0.4) is 0 Å². The Labute approximate surface area is 107 Å². The molecule has 1 heterocycles. The summed E-state index contributed by atoms with van der Waals surface area (Å²) < 4.78 is 26.2. The van der Waals surface area contributed by atoms with Gasteiger partial charge in [0.1, 0.15) is 5.84 Å². The van der Waals surface area contributed by atoms with E-state index in [2.05, 4.69) is 9.71 Å². The Balaban J connectivity index is 2.30. The highest BCUT2D eigenvalue weighted by Crippen LogP contribution is 2.22. The zero-order valence-corrected chi connectivity index (χ0v) is 11.1. The van der Waals surface area contributed by atoms with Crippen molar-refractivity contribution < 1.29 is 8.42 Å². The van der Waals surface area contributed by atoms with Gasteiger partial charge < -0.3 is 5.73 Å². The summed E-state index contributed by atoms with van der Waals surface area (Å²) in [5.74, 6) is 0.440. The largest absolute Gasteiger partial charge is 0.330 e. The first-order chi connectivity index (χ1) is 8.54. The quantitative estimate of drug-likeness (QED) is 0.848. The van der Waals surface area contributed by atoms with Crippen LogP contribution in [0.25, 0.3) is 0 Å². The molecule has 1 unspecified atom stereocenters. The van der Waals surface area contributed by atoms with Crippen LogP contribution in [0.1, 0.15) is 25.3 Å². The average Bonchev–Trinajstić information content (AvgIpc) is 2.59. The molecule has 98 valence electrons. The molecule has 0 saturated carbocycles. The van der Waals surface area contributed by atoms with Crippen LogP contribution in [0.2, 0.25) is 0 Å². The van der Waals surface area contributed by atoms with Gasteiger partial charge in [0.05, 0.1) is 4.90 Å². The summed E-state index contributed by atoms with van der Waals surface area (Å²) in [5, 5.41) is 0. The number of sulfonamides is 1. The van der Waals surface area contributed by atoms with Crippen molar-refractivity contribution in [3.8, 4) is 0 Å². The summed E-state index contributed by atoms with van der Waals surface area (Å²) in [6.07, 6.45) is 1.73. The highest BCUT2D eigenvalue weighted by atomic mass is 32.2. The van der Waals surface area contributed by atoms with E-state index >= 15 is 0 Å². The van der Waals surface area contributed by atoms with Crippen molar-refractivity contribution in [2.45, 2.75) is 30.7 Å². The molecule has 2 rings (SSSR count). The van der Waals surface area contributed by atoms with Crippen molar-refractivity contribution in [2.75, 3.05) is 6.54 Å². The minimum absolute atomic E-state index is 0.0532. The lowest BCUT2D eigenvalue weighted by molar-refractivity contribution is 0.594. The highest BCUT2D eigenvalue weighted by molar-refractivity contribution is 7.90. The number of hydrogen-bond acceptors (Lipinski definition) is 4. The molecule has 18 heavy (non-hydrogen) atoms. The Kier molecular flexibility index (Phi) is 3.68. The Hall–Kier alpha value is -1.40. The molecule has 0 aromatic heterocycles. The Bertz CT molecular complexity index is 566. The maximum absolute atomic E-state index is 11.8. The molecule has 1 aliphatic rings. The zero-order chi connectivity index (χ0) is 13.2. The molecule has 1 aromatic carbocycles. The molecule has 1 aromatic rings. The molecule has 0 aliphatic carbocycles. The maximum atomic E-state index is 11.8. The van der Waals surface area contributed by atoms with Gasteiger partial charge in [-0.2, -0.15) is 0 Å². The van der Waals surface area contributed by atoms with Crippen LogP contribution in [-0.2, 0) is 10.0 Å². The van der Waals surface area contributed by atoms with Crippen molar-refractivity contribution in [2.24, 2.45) is 10.7 Å². The lowest BCUT2D eigenvalue weighted by atomic mass is 10.1. The monoisotopic (exact) mass is 267 g/mol. The molecule has 5 nitrogen and oxygen atoms in total. The van der Waals surface area contributed by atoms with E-state index in [1.165, 1.54) is 0 Å². The molecule has 0 fully saturated rings. The van der Waals surface area contributed by atoms with Gasteiger partial charge in [-0.15, -0.1) is 0 Å². The van der Waals surface area contributed by atoms with E-state index < -0.39 is 10.0 Å². The summed E-state index contributed by atoms with van der Waals surface area (Å²) in [4.78, 5) is 4.72. The minimum Gasteiger partial charge on any atom is -0.330 e. The fourth-order valence-electron chi connectivity index (χ4n) is 1.93. The van der Waals surface area contributed by atoms with Crippen LogP contribution < -0.4 is 10.5 Å². The van der Waals surface area contributed by atoms with Crippen molar-refractivity contribution in [3.05, 3.63) is 29.8 Å². The first-order valence-electron chi connectivity index (χ1n) is 5.94. The third-order valence-corrected chi connectivity index (χ3v) is 4.24. The van der Waals surface area contributed by atoms with Gasteiger partial charge in [-0.3, -0.25) is 9.71 Å². The van der Waals surface area contributed by atoms with Crippen LogP contribution in [0.4, 0.5) is 0 Å². The standard InChI is InChI=1S/C12H17N3O2S/c1-9(5-4-8-13)14-12-10-6-2-3-7-11(10)18(16,17)15-12/h2-3,6-7,9H,4-5,8,13H2,1H3,(H,14,15). The van der Waals surface area contributed by atoms with Crippen molar-refractivity contribution in [1.82, 2.24) is 4.72 Å². The fourth-order valence-corrected chi connectivity index (χ4v) is 3.17. The molecule has 3 N–H and O–H groups in total. The molecule has 1 aliphatic heterocycles. The zero-order valence-electron chi connectivity index (χ0n) is 10.3. The SMILES string of the molecule is CC(CCCN)N=C1NS(=O)(=O)c2ccccc21. The minimum atomic E-state index is -3.43. The number of fused-ring (bicyclic) bond motifs is 1. The molecule has 0 radical (unpaired) electrons. The van der Waals surface area contributed by atoms with Crippen LogP contribution in [-0.4, -0.2) is 26.8 Å². The van der Waals surface area contributed by atoms with E-state index in [0.717, 1.165) is 12.8 Å². The van der Waals surface area contributed by atoms with Gasteiger partial charge in [-0.05, 0) is 38.4 Å². The number of rotatable bonds is 4. The smallest absolute Gasteiger partial charge is 0.263 e. The number of nitrogens with zero attached hydrogens (tertiary/aromatic N) is 1. The summed E-state index contributed by atoms with van der Waals surface area (Å²) >= 11 is 0. The second-order valence-electron chi connectivity index (χ2n) is 4.36. The van der Waals surface area contributed by atoms with E-state index in [0.29, 0.717) is 22.8 Å². The molecular formula is C12H17N3O2S. The van der Waals surface area contributed by atoms with Gasteiger partial charge in [-0.25, -0.2) is 8.42 Å². The topological polar surface area (TPSA) is 84.5 Å². The molecule has 0 amide bonds. The first-order valence-corrected chi connectivity index (χ1v) is 7.43. The molecule has 0 saturated heterocycles. The maximum Gasteiger partial charge on any atom is 0.263 e. The molecule has 1 atom stereocenters. The summed E-state index contributed by atoms with van der Waals surface area (Å²) in [6, 6.07) is 6.92. The summed E-state index contributed by atoms with van der Waals surface area (Å²) in [5.41, 5.74) is 6.09. The van der Waals surface area contributed by atoms with E-state index in [1.54, 1.807) is 24.3 Å². The lowest BCUT2D eigenvalue weighted by Gasteiger charge is -2.06. The van der Waals surface area contributed by atoms with Crippen molar-refractivity contribution >= 4 is 15.9 Å². The van der Waals surface area contributed by atoms with Crippen LogP contribution in [0.5, 0.6) is 0 Å². The third kappa shape index (κ3) is 2.54. The number of benzene rings is 1. The normalized spacial score (nSPS) is 20.4. The second-order valence-corrected chi connectivity index (χ2v) is 6.01. The lowest BCUT2D eigenvalue weighted by Crippen LogP contribution is -2.23. The molecule has 0 bridgehead atoms. The van der Waals surface area contributed by atoms with E-state index in [9.17, 15) is 8.42 Å². The predicted octanol–water partition coefficient (Wildman–Crippen LogP) is 0.852. The summed E-state index contributed by atoms with van der Waals surface area (Å²) in [7, 11) is -3.43. The summed E-state index contributed by atoms with van der Waals surface area (Å²) in [6.45, 7) is 2.58. The second kappa shape index (κ2) is 5.07. The van der Waals surface area contributed by atoms with Gasteiger partial charge in [0.2, 0.25) is 0 Å². The highest BCUT2D eigenvalue weighted by Gasteiger charge is 2.30. The van der Waals surface area contributed by atoms with E-state index in [4.69, 9.17) is 5.73 Å². The molecule has 0 spiro atoms. The van der Waals surface area contributed by atoms with Gasteiger partial charge in [0.15, 0.2) is 0 Å². The molecular weight excluding hydrogens is 250 g/mol. The van der Waals surface area contributed by atoms with Crippen LogP contribution in [0, 0.1) is 0 Å².